The number of carboxylic acids is 1. The molecule has 0 radical (unpaired) electrons. The summed E-state index contributed by atoms with van der Waals surface area (Å²) in [5.74, 6) is -1.91. The van der Waals surface area contributed by atoms with Gasteiger partial charge in [-0.2, -0.15) is 0 Å². The zero-order valence-electron chi connectivity index (χ0n) is 10.5. The van der Waals surface area contributed by atoms with Crippen LogP contribution in [0, 0.1) is 5.82 Å². The van der Waals surface area contributed by atoms with Crippen molar-refractivity contribution in [2.75, 3.05) is 0 Å². The molecule has 6 heteroatoms. The van der Waals surface area contributed by atoms with Gasteiger partial charge in [0.2, 0.25) is 5.91 Å². The second-order valence-corrected chi connectivity index (χ2v) is 4.25. The minimum atomic E-state index is -1.05. The molecule has 2 atom stereocenters. The van der Waals surface area contributed by atoms with E-state index in [1.54, 1.807) is 6.92 Å². The van der Waals surface area contributed by atoms with Crippen LogP contribution in [-0.2, 0) is 9.59 Å². The third kappa shape index (κ3) is 5.05. The van der Waals surface area contributed by atoms with E-state index in [2.05, 4.69) is 5.32 Å². The minimum Gasteiger partial charge on any atom is -0.481 e. The Balaban J connectivity index is 2.52. The summed E-state index contributed by atoms with van der Waals surface area (Å²) in [4.78, 5) is 21.7. The maximum Gasteiger partial charge on any atom is 0.303 e. The number of aliphatic hydroxyl groups excluding tert-OH is 1. The fourth-order valence-electron chi connectivity index (χ4n) is 1.57. The van der Waals surface area contributed by atoms with Crippen LogP contribution >= 0.6 is 0 Å². The van der Waals surface area contributed by atoms with Crippen LogP contribution in [0.25, 0.3) is 0 Å². The first kappa shape index (κ1) is 15.1. The number of nitrogens with one attached hydrogen (secondary N) is 1. The predicted molar refractivity (Wildman–Crippen MR) is 65.8 cm³/mol. The van der Waals surface area contributed by atoms with E-state index in [9.17, 15) is 19.1 Å². The number of hydrogen-bond donors (Lipinski definition) is 3. The van der Waals surface area contributed by atoms with Crippen LogP contribution in [0.1, 0.15) is 31.4 Å². The molecular formula is C13H16FNO4. The Hall–Kier alpha value is -1.95. The number of carboxylic acid groups (broad SMARTS) is 1. The summed E-state index contributed by atoms with van der Waals surface area (Å²) >= 11 is 0. The number of benzene rings is 1. The van der Waals surface area contributed by atoms with E-state index in [0.717, 1.165) is 0 Å². The largest absolute Gasteiger partial charge is 0.481 e. The molecule has 3 N–H and O–H groups in total. The number of rotatable bonds is 6. The highest BCUT2D eigenvalue weighted by atomic mass is 19.1. The molecule has 0 aliphatic heterocycles. The number of amides is 1. The lowest BCUT2D eigenvalue weighted by atomic mass is 10.0. The molecule has 0 aliphatic rings. The average molecular weight is 269 g/mol. The molecule has 104 valence electrons. The van der Waals surface area contributed by atoms with Gasteiger partial charge < -0.3 is 15.5 Å². The van der Waals surface area contributed by atoms with Gasteiger partial charge in [0, 0.05) is 6.42 Å². The van der Waals surface area contributed by atoms with Crippen molar-refractivity contribution in [3.63, 3.8) is 0 Å². The Labute approximate surface area is 110 Å². The predicted octanol–water partition coefficient (Wildman–Crippen LogP) is 1.23. The molecule has 1 rings (SSSR count). The summed E-state index contributed by atoms with van der Waals surface area (Å²) in [6, 6.07) is 4.71. The Morgan fingerprint density at radius 3 is 2.37 bits per heavy atom. The lowest BCUT2D eigenvalue weighted by Gasteiger charge is -2.20. The van der Waals surface area contributed by atoms with Crippen LogP contribution in [0.4, 0.5) is 4.39 Å². The molecule has 1 aromatic carbocycles. The Morgan fingerprint density at radius 1 is 1.26 bits per heavy atom. The van der Waals surface area contributed by atoms with Gasteiger partial charge in [-0.15, -0.1) is 0 Å². The highest BCUT2D eigenvalue weighted by molar-refractivity contribution is 5.80. The monoisotopic (exact) mass is 269 g/mol. The summed E-state index contributed by atoms with van der Waals surface area (Å²) in [5.41, 5.74) is 0.479. The summed E-state index contributed by atoms with van der Waals surface area (Å²) in [6.45, 7) is 1.59. The molecule has 0 aliphatic carbocycles. The fraction of sp³-hybridized carbons (Fsp3) is 0.385. The maximum atomic E-state index is 12.7. The molecule has 0 spiro atoms. The van der Waals surface area contributed by atoms with Crippen LogP contribution in [0.5, 0.6) is 0 Å². The van der Waals surface area contributed by atoms with Gasteiger partial charge in [0.05, 0.1) is 18.6 Å². The first-order valence-electron chi connectivity index (χ1n) is 5.85. The summed E-state index contributed by atoms with van der Waals surface area (Å²) in [6.07, 6.45) is -1.38. The fourth-order valence-corrected chi connectivity index (χ4v) is 1.57. The standard InChI is InChI=1S/C13H16FNO4/c1-8(15-11(16)6-7-12(17)18)13(19)9-2-4-10(14)5-3-9/h2-5,8,13,19H,6-7H2,1H3,(H,15,16)(H,17,18). The number of carbonyl (C=O) groups is 2. The molecule has 1 amide bonds. The van der Waals surface area contributed by atoms with Crippen molar-refractivity contribution in [2.24, 2.45) is 0 Å². The van der Waals surface area contributed by atoms with Crippen LogP contribution in [-0.4, -0.2) is 28.1 Å². The van der Waals surface area contributed by atoms with Crippen molar-refractivity contribution >= 4 is 11.9 Å². The summed E-state index contributed by atoms with van der Waals surface area (Å²) < 4.78 is 12.7. The van der Waals surface area contributed by atoms with E-state index in [0.29, 0.717) is 5.56 Å². The van der Waals surface area contributed by atoms with E-state index in [1.165, 1.54) is 24.3 Å². The first-order valence-corrected chi connectivity index (χ1v) is 5.85. The molecular weight excluding hydrogens is 253 g/mol. The molecule has 0 heterocycles. The van der Waals surface area contributed by atoms with Crippen molar-refractivity contribution < 1.29 is 24.2 Å². The van der Waals surface area contributed by atoms with Crippen LogP contribution in [0.3, 0.4) is 0 Å². The molecule has 2 unspecified atom stereocenters. The van der Waals surface area contributed by atoms with Gasteiger partial charge in [0.15, 0.2) is 0 Å². The van der Waals surface area contributed by atoms with E-state index in [1.807, 2.05) is 0 Å². The van der Waals surface area contributed by atoms with E-state index >= 15 is 0 Å². The van der Waals surface area contributed by atoms with Crippen molar-refractivity contribution in [3.8, 4) is 0 Å². The lowest BCUT2D eigenvalue weighted by molar-refractivity contribution is -0.139. The number of hydrogen-bond acceptors (Lipinski definition) is 3. The first-order chi connectivity index (χ1) is 8.90. The SMILES string of the molecule is CC(NC(=O)CCC(=O)O)C(O)c1ccc(F)cc1. The van der Waals surface area contributed by atoms with Crippen molar-refractivity contribution in [1.82, 2.24) is 5.32 Å². The molecule has 1 aromatic rings. The van der Waals surface area contributed by atoms with E-state index < -0.39 is 29.8 Å². The van der Waals surface area contributed by atoms with Crippen LogP contribution in [0.2, 0.25) is 0 Å². The maximum absolute atomic E-state index is 12.7. The van der Waals surface area contributed by atoms with E-state index in [-0.39, 0.29) is 12.8 Å². The Bertz CT molecular complexity index is 446. The second-order valence-electron chi connectivity index (χ2n) is 4.25. The zero-order valence-corrected chi connectivity index (χ0v) is 10.5. The molecule has 19 heavy (non-hydrogen) atoms. The van der Waals surface area contributed by atoms with Gasteiger partial charge >= 0.3 is 5.97 Å². The third-order valence-corrected chi connectivity index (χ3v) is 2.64. The Morgan fingerprint density at radius 2 is 1.84 bits per heavy atom. The van der Waals surface area contributed by atoms with Gasteiger partial charge in [-0.1, -0.05) is 12.1 Å². The molecule has 0 bridgehead atoms. The molecule has 5 nitrogen and oxygen atoms in total. The number of halogens is 1. The zero-order chi connectivity index (χ0) is 14.4. The summed E-state index contributed by atoms with van der Waals surface area (Å²) in [5, 5.41) is 20.9. The molecule has 0 aromatic heterocycles. The van der Waals surface area contributed by atoms with Crippen LogP contribution in [0.15, 0.2) is 24.3 Å². The highest BCUT2D eigenvalue weighted by Crippen LogP contribution is 2.17. The smallest absolute Gasteiger partial charge is 0.303 e. The second kappa shape index (κ2) is 6.84. The van der Waals surface area contributed by atoms with Crippen LogP contribution < -0.4 is 5.32 Å². The Kier molecular flexibility index (Phi) is 5.44. The number of carbonyl (C=O) groups excluding carboxylic acids is 1. The minimum absolute atomic E-state index is 0.143. The topological polar surface area (TPSA) is 86.6 Å². The van der Waals surface area contributed by atoms with Gasteiger partial charge in [0.25, 0.3) is 0 Å². The normalized spacial score (nSPS) is 13.6. The molecule has 0 fully saturated rings. The van der Waals surface area contributed by atoms with Gasteiger partial charge in [-0.25, -0.2) is 4.39 Å². The van der Waals surface area contributed by atoms with E-state index in [4.69, 9.17) is 5.11 Å². The van der Waals surface area contributed by atoms with Crippen molar-refractivity contribution in [2.45, 2.75) is 31.9 Å². The van der Waals surface area contributed by atoms with Gasteiger partial charge in [0.1, 0.15) is 5.82 Å². The quantitative estimate of drug-likeness (QED) is 0.725. The third-order valence-electron chi connectivity index (χ3n) is 2.64. The lowest BCUT2D eigenvalue weighted by Crippen LogP contribution is -2.37. The average Bonchev–Trinajstić information content (AvgIpc) is 2.36. The number of aliphatic carboxylic acids is 1. The van der Waals surface area contributed by atoms with Gasteiger partial charge in [-0.05, 0) is 24.6 Å². The molecule has 0 saturated heterocycles. The molecule has 0 saturated carbocycles. The number of aliphatic hydroxyl groups is 1. The van der Waals surface area contributed by atoms with Crippen molar-refractivity contribution in [1.29, 1.82) is 0 Å². The summed E-state index contributed by atoms with van der Waals surface area (Å²) in [7, 11) is 0. The highest BCUT2D eigenvalue weighted by Gasteiger charge is 2.18. The van der Waals surface area contributed by atoms with Gasteiger partial charge in [-0.3, -0.25) is 9.59 Å². The van der Waals surface area contributed by atoms with Crippen molar-refractivity contribution in [3.05, 3.63) is 35.6 Å².